The third-order valence-electron chi connectivity index (χ3n) is 4.43. The van der Waals surface area contributed by atoms with Crippen molar-refractivity contribution in [2.45, 2.75) is 53.9 Å². The molecule has 0 saturated carbocycles. The van der Waals surface area contributed by atoms with Crippen molar-refractivity contribution in [3.8, 4) is 6.07 Å². The molecule has 1 amide bonds. The van der Waals surface area contributed by atoms with Gasteiger partial charge in [-0.3, -0.25) is 4.79 Å². The van der Waals surface area contributed by atoms with Gasteiger partial charge in [0.05, 0.1) is 6.07 Å². The molecule has 0 aromatic carbocycles. The highest BCUT2D eigenvalue weighted by molar-refractivity contribution is 5.85. The molecule has 1 unspecified atom stereocenters. The van der Waals surface area contributed by atoms with Crippen molar-refractivity contribution in [3.05, 3.63) is 0 Å². The number of carbonyl (C=O) groups excluding carboxylic acids is 1. The van der Waals surface area contributed by atoms with E-state index in [0.29, 0.717) is 17.8 Å². The van der Waals surface area contributed by atoms with Crippen LogP contribution in [0.15, 0.2) is 0 Å². The summed E-state index contributed by atoms with van der Waals surface area (Å²) in [5, 5.41) is 9.17. The lowest BCUT2D eigenvalue weighted by Gasteiger charge is -2.40. The van der Waals surface area contributed by atoms with Crippen LogP contribution in [0.1, 0.15) is 53.9 Å². The molecule has 1 aliphatic rings. The molecule has 3 nitrogen and oxygen atoms in total. The summed E-state index contributed by atoms with van der Waals surface area (Å²) in [6.45, 7) is 12.1. The Morgan fingerprint density at radius 3 is 2.11 bits per heavy atom. The second-order valence-electron chi connectivity index (χ2n) is 6.73. The normalized spacial score (nSPS) is 21.2. The molecule has 1 atom stereocenters. The molecule has 102 valence electrons. The summed E-state index contributed by atoms with van der Waals surface area (Å²) in [6, 6.07) is 2.18. The fourth-order valence-corrected chi connectivity index (χ4v) is 2.58. The lowest BCUT2D eigenvalue weighted by atomic mass is 9.75. The van der Waals surface area contributed by atoms with E-state index in [1.165, 1.54) is 0 Å². The van der Waals surface area contributed by atoms with Crippen molar-refractivity contribution in [2.75, 3.05) is 13.1 Å². The number of nitriles is 1. The molecule has 1 fully saturated rings. The van der Waals surface area contributed by atoms with Gasteiger partial charge in [0.1, 0.15) is 5.41 Å². The molecule has 0 N–H and O–H groups in total. The smallest absolute Gasteiger partial charge is 0.242 e. The number of rotatable bonds is 2. The molecular formula is C15H26N2O. The topological polar surface area (TPSA) is 44.1 Å². The SMILES string of the molecule is CCC(C)(C#N)C(=O)N1CCC(C(C)(C)C)CC1. The molecule has 3 heteroatoms. The molecule has 0 radical (unpaired) electrons. The van der Waals surface area contributed by atoms with Crippen molar-refractivity contribution < 1.29 is 4.79 Å². The van der Waals surface area contributed by atoms with Gasteiger partial charge in [-0.2, -0.15) is 5.26 Å². The van der Waals surface area contributed by atoms with Gasteiger partial charge < -0.3 is 4.90 Å². The Bertz CT molecular complexity index is 342. The lowest BCUT2D eigenvalue weighted by Crippen LogP contribution is -2.47. The summed E-state index contributed by atoms with van der Waals surface area (Å²) in [5.41, 5.74) is -0.521. The monoisotopic (exact) mass is 250 g/mol. The summed E-state index contributed by atoms with van der Waals surface area (Å²) >= 11 is 0. The quantitative estimate of drug-likeness (QED) is 0.755. The predicted molar refractivity (Wildman–Crippen MR) is 72.8 cm³/mol. The van der Waals surface area contributed by atoms with E-state index in [1.807, 2.05) is 11.8 Å². The molecule has 0 aromatic heterocycles. The zero-order valence-corrected chi connectivity index (χ0v) is 12.4. The first kappa shape index (κ1) is 15.0. The minimum absolute atomic E-state index is 0.0138. The molecule has 1 aliphatic heterocycles. The Morgan fingerprint density at radius 1 is 1.28 bits per heavy atom. The van der Waals surface area contributed by atoms with Crippen LogP contribution in [-0.4, -0.2) is 23.9 Å². The molecule has 0 spiro atoms. The zero-order valence-electron chi connectivity index (χ0n) is 12.4. The number of nitrogens with zero attached hydrogens (tertiary/aromatic N) is 2. The number of carbonyl (C=O) groups is 1. The standard InChI is InChI=1S/C15H26N2O/c1-6-15(5,11-16)13(18)17-9-7-12(8-10-17)14(2,3)4/h12H,6-10H2,1-5H3. The van der Waals surface area contributed by atoms with Crippen LogP contribution < -0.4 is 0 Å². The van der Waals surface area contributed by atoms with Gasteiger partial charge in [0, 0.05) is 13.1 Å². The molecule has 0 bridgehead atoms. The van der Waals surface area contributed by atoms with Gasteiger partial charge in [-0.1, -0.05) is 27.7 Å². The van der Waals surface area contributed by atoms with Gasteiger partial charge in [-0.05, 0) is 37.5 Å². The second kappa shape index (κ2) is 5.30. The van der Waals surface area contributed by atoms with E-state index in [-0.39, 0.29) is 5.91 Å². The van der Waals surface area contributed by atoms with Gasteiger partial charge in [0.15, 0.2) is 0 Å². The minimum atomic E-state index is -0.839. The average molecular weight is 250 g/mol. The van der Waals surface area contributed by atoms with Crippen molar-refractivity contribution in [2.24, 2.45) is 16.7 Å². The highest BCUT2D eigenvalue weighted by atomic mass is 16.2. The van der Waals surface area contributed by atoms with Crippen LogP contribution >= 0.6 is 0 Å². The Kier molecular flexibility index (Phi) is 4.42. The van der Waals surface area contributed by atoms with E-state index < -0.39 is 5.41 Å². The van der Waals surface area contributed by atoms with Gasteiger partial charge in [0.2, 0.25) is 5.91 Å². The van der Waals surface area contributed by atoms with Gasteiger partial charge in [0.25, 0.3) is 0 Å². The zero-order chi connectivity index (χ0) is 14.0. The maximum Gasteiger partial charge on any atom is 0.242 e. The maximum absolute atomic E-state index is 12.3. The second-order valence-corrected chi connectivity index (χ2v) is 6.73. The average Bonchev–Trinajstić information content (AvgIpc) is 2.36. The molecule has 0 aromatic rings. The Labute approximate surface area is 111 Å². The molecule has 1 heterocycles. The largest absolute Gasteiger partial charge is 0.341 e. The molecule has 18 heavy (non-hydrogen) atoms. The van der Waals surface area contributed by atoms with E-state index in [0.717, 1.165) is 25.9 Å². The number of piperidine rings is 1. The Hall–Kier alpha value is -1.04. The van der Waals surface area contributed by atoms with E-state index in [1.54, 1.807) is 6.92 Å². The summed E-state index contributed by atoms with van der Waals surface area (Å²) in [7, 11) is 0. The fourth-order valence-electron chi connectivity index (χ4n) is 2.58. The van der Waals surface area contributed by atoms with Crippen LogP contribution in [0.25, 0.3) is 0 Å². The van der Waals surface area contributed by atoms with Crippen molar-refractivity contribution in [3.63, 3.8) is 0 Å². The van der Waals surface area contributed by atoms with E-state index in [9.17, 15) is 10.1 Å². The van der Waals surface area contributed by atoms with Crippen molar-refractivity contribution >= 4 is 5.91 Å². The van der Waals surface area contributed by atoms with Crippen molar-refractivity contribution in [1.82, 2.24) is 4.90 Å². The molecule has 1 saturated heterocycles. The summed E-state index contributed by atoms with van der Waals surface area (Å²) in [6.07, 6.45) is 2.70. The van der Waals surface area contributed by atoms with Crippen LogP contribution in [0.5, 0.6) is 0 Å². The van der Waals surface area contributed by atoms with Crippen LogP contribution in [0.3, 0.4) is 0 Å². The van der Waals surface area contributed by atoms with Gasteiger partial charge in [-0.15, -0.1) is 0 Å². The van der Waals surface area contributed by atoms with Gasteiger partial charge >= 0.3 is 0 Å². The number of hydrogen-bond donors (Lipinski definition) is 0. The van der Waals surface area contributed by atoms with Crippen LogP contribution in [0, 0.1) is 28.1 Å². The lowest BCUT2D eigenvalue weighted by molar-refractivity contribution is -0.140. The first-order valence-electron chi connectivity index (χ1n) is 6.95. The molecule has 0 aliphatic carbocycles. The number of hydrogen-bond acceptors (Lipinski definition) is 2. The Morgan fingerprint density at radius 2 is 1.78 bits per heavy atom. The summed E-state index contributed by atoms with van der Waals surface area (Å²) in [5.74, 6) is 0.691. The van der Waals surface area contributed by atoms with Crippen LogP contribution in [0.4, 0.5) is 0 Å². The maximum atomic E-state index is 12.3. The van der Waals surface area contributed by atoms with Crippen molar-refractivity contribution in [1.29, 1.82) is 5.26 Å². The highest BCUT2D eigenvalue weighted by Crippen LogP contribution is 2.35. The predicted octanol–water partition coefficient (Wildman–Crippen LogP) is 3.21. The summed E-state index contributed by atoms with van der Waals surface area (Å²) in [4.78, 5) is 14.2. The Balaban J connectivity index is 2.64. The summed E-state index contributed by atoms with van der Waals surface area (Å²) < 4.78 is 0. The number of likely N-dealkylation sites (tertiary alicyclic amines) is 1. The molecule has 1 rings (SSSR count). The van der Waals surface area contributed by atoms with E-state index >= 15 is 0 Å². The number of amides is 1. The highest BCUT2D eigenvalue weighted by Gasteiger charge is 2.38. The van der Waals surface area contributed by atoms with E-state index in [2.05, 4.69) is 26.8 Å². The van der Waals surface area contributed by atoms with Crippen LogP contribution in [-0.2, 0) is 4.79 Å². The van der Waals surface area contributed by atoms with E-state index in [4.69, 9.17) is 0 Å². The first-order chi connectivity index (χ1) is 8.24. The van der Waals surface area contributed by atoms with Crippen LogP contribution in [0.2, 0.25) is 0 Å². The fraction of sp³-hybridized carbons (Fsp3) is 0.867. The minimum Gasteiger partial charge on any atom is -0.341 e. The third kappa shape index (κ3) is 3.04. The first-order valence-corrected chi connectivity index (χ1v) is 6.95. The van der Waals surface area contributed by atoms with Gasteiger partial charge in [-0.25, -0.2) is 0 Å². The third-order valence-corrected chi connectivity index (χ3v) is 4.43. The molecular weight excluding hydrogens is 224 g/mol.